The molecular formula is C21H23N7O3. The number of benzene rings is 1. The van der Waals surface area contributed by atoms with Crippen molar-refractivity contribution in [3.8, 4) is 5.82 Å². The summed E-state index contributed by atoms with van der Waals surface area (Å²) in [7, 11) is 0. The van der Waals surface area contributed by atoms with Crippen molar-refractivity contribution < 1.29 is 9.21 Å². The number of carbonyl (C=O) groups is 1. The van der Waals surface area contributed by atoms with E-state index in [0.717, 1.165) is 11.4 Å². The first-order chi connectivity index (χ1) is 14.9. The maximum absolute atomic E-state index is 12.3. The van der Waals surface area contributed by atoms with Crippen LogP contribution in [0.2, 0.25) is 0 Å². The number of amides is 1. The standard InChI is InChI=1S/C21H23N7O3/c1-13-10-14(2)28(26-13)19-11-18(24-15(3)25-19)22-8-9-23-20(29)12-27-16-6-4-5-7-17(16)31-21(27)30/h4-7,10-11H,8-9,12H2,1-3H3,(H,23,29)(H,22,24,25). The van der Waals surface area contributed by atoms with Gasteiger partial charge in [-0.3, -0.25) is 9.36 Å². The van der Waals surface area contributed by atoms with Crippen LogP contribution in [-0.2, 0) is 11.3 Å². The molecule has 0 aliphatic carbocycles. The van der Waals surface area contributed by atoms with Gasteiger partial charge in [-0.05, 0) is 39.0 Å². The van der Waals surface area contributed by atoms with Gasteiger partial charge < -0.3 is 15.1 Å². The first-order valence-electron chi connectivity index (χ1n) is 9.89. The number of aryl methyl sites for hydroxylation is 3. The third kappa shape index (κ3) is 4.47. The Labute approximate surface area is 177 Å². The highest BCUT2D eigenvalue weighted by molar-refractivity contribution is 5.79. The minimum absolute atomic E-state index is 0.107. The molecule has 2 N–H and O–H groups in total. The van der Waals surface area contributed by atoms with E-state index in [-0.39, 0.29) is 12.5 Å². The van der Waals surface area contributed by atoms with Crippen LogP contribution in [-0.4, -0.2) is 43.3 Å². The van der Waals surface area contributed by atoms with Crippen molar-refractivity contribution in [2.45, 2.75) is 27.3 Å². The molecule has 0 radical (unpaired) electrons. The lowest BCUT2D eigenvalue weighted by molar-refractivity contribution is -0.121. The first-order valence-corrected chi connectivity index (χ1v) is 9.89. The molecule has 1 aromatic carbocycles. The molecule has 10 heteroatoms. The molecule has 0 aliphatic rings. The van der Waals surface area contributed by atoms with Crippen molar-refractivity contribution in [2.24, 2.45) is 0 Å². The molecule has 3 heterocycles. The van der Waals surface area contributed by atoms with Crippen LogP contribution < -0.4 is 16.4 Å². The van der Waals surface area contributed by atoms with E-state index in [9.17, 15) is 9.59 Å². The highest BCUT2D eigenvalue weighted by Gasteiger charge is 2.12. The lowest BCUT2D eigenvalue weighted by Gasteiger charge is -2.10. The summed E-state index contributed by atoms with van der Waals surface area (Å²) >= 11 is 0. The summed E-state index contributed by atoms with van der Waals surface area (Å²) in [5.41, 5.74) is 2.94. The Morgan fingerprint density at radius 3 is 2.68 bits per heavy atom. The smallest absolute Gasteiger partial charge is 0.408 e. The molecule has 0 unspecified atom stereocenters. The van der Waals surface area contributed by atoms with Gasteiger partial charge in [-0.15, -0.1) is 0 Å². The molecule has 0 saturated heterocycles. The van der Waals surface area contributed by atoms with Gasteiger partial charge in [0.15, 0.2) is 11.4 Å². The Hall–Kier alpha value is -3.95. The average Bonchev–Trinajstić information content (AvgIpc) is 3.23. The Kier molecular flexibility index (Phi) is 5.52. The zero-order chi connectivity index (χ0) is 22.0. The maximum atomic E-state index is 12.3. The van der Waals surface area contributed by atoms with E-state index in [4.69, 9.17) is 4.42 Å². The summed E-state index contributed by atoms with van der Waals surface area (Å²) in [6.45, 7) is 6.43. The van der Waals surface area contributed by atoms with Gasteiger partial charge in [-0.1, -0.05) is 12.1 Å². The van der Waals surface area contributed by atoms with Crippen molar-refractivity contribution >= 4 is 22.8 Å². The Morgan fingerprint density at radius 1 is 1.10 bits per heavy atom. The number of hydrogen-bond acceptors (Lipinski definition) is 7. The van der Waals surface area contributed by atoms with Crippen LogP contribution in [0, 0.1) is 20.8 Å². The number of nitrogens with one attached hydrogen (secondary N) is 2. The SMILES string of the molecule is Cc1cc(C)n(-c2cc(NCCNC(=O)Cn3c(=O)oc4ccccc43)nc(C)n2)n1. The van der Waals surface area contributed by atoms with Gasteiger partial charge in [-0.2, -0.15) is 5.10 Å². The zero-order valence-corrected chi connectivity index (χ0v) is 17.5. The molecule has 0 spiro atoms. The molecule has 3 aromatic heterocycles. The number of carbonyl (C=O) groups excluding carboxylic acids is 1. The second-order valence-electron chi connectivity index (χ2n) is 7.20. The third-order valence-electron chi connectivity index (χ3n) is 4.68. The average molecular weight is 421 g/mol. The van der Waals surface area contributed by atoms with Crippen LogP contribution in [0.4, 0.5) is 5.82 Å². The summed E-state index contributed by atoms with van der Waals surface area (Å²) in [5, 5.41) is 10.4. The van der Waals surface area contributed by atoms with Gasteiger partial charge in [0.25, 0.3) is 0 Å². The van der Waals surface area contributed by atoms with Crippen LogP contribution in [0.3, 0.4) is 0 Å². The van der Waals surface area contributed by atoms with E-state index in [1.54, 1.807) is 28.9 Å². The Balaban J connectivity index is 1.34. The van der Waals surface area contributed by atoms with Crippen LogP contribution in [0.15, 0.2) is 45.6 Å². The predicted octanol–water partition coefficient (Wildman–Crippen LogP) is 1.72. The van der Waals surface area contributed by atoms with E-state index >= 15 is 0 Å². The molecule has 0 aliphatic heterocycles. The van der Waals surface area contributed by atoms with Crippen LogP contribution >= 0.6 is 0 Å². The second kappa shape index (κ2) is 8.42. The molecule has 0 atom stereocenters. The quantitative estimate of drug-likeness (QED) is 0.436. The van der Waals surface area contributed by atoms with Gasteiger partial charge in [0.2, 0.25) is 5.91 Å². The van der Waals surface area contributed by atoms with Crippen molar-refractivity contribution in [3.63, 3.8) is 0 Å². The number of nitrogens with zero attached hydrogens (tertiary/aromatic N) is 5. The Morgan fingerprint density at radius 2 is 1.90 bits per heavy atom. The van der Waals surface area contributed by atoms with Gasteiger partial charge >= 0.3 is 5.76 Å². The van der Waals surface area contributed by atoms with Crippen molar-refractivity contribution in [1.29, 1.82) is 0 Å². The zero-order valence-electron chi connectivity index (χ0n) is 17.5. The highest BCUT2D eigenvalue weighted by atomic mass is 16.4. The molecule has 1 amide bonds. The number of para-hydroxylation sites is 2. The lowest BCUT2D eigenvalue weighted by atomic mass is 10.3. The number of anilines is 1. The van der Waals surface area contributed by atoms with E-state index < -0.39 is 5.76 Å². The second-order valence-corrected chi connectivity index (χ2v) is 7.20. The van der Waals surface area contributed by atoms with E-state index in [1.807, 2.05) is 32.9 Å². The van der Waals surface area contributed by atoms with Gasteiger partial charge in [0.05, 0.1) is 11.2 Å². The van der Waals surface area contributed by atoms with E-state index in [2.05, 4.69) is 25.7 Å². The number of oxazole rings is 1. The summed E-state index contributed by atoms with van der Waals surface area (Å²) in [4.78, 5) is 33.1. The minimum Gasteiger partial charge on any atom is -0.408 e. The molecule has 31 heavy (non-hydrogen) atoms. The molecule has 4 aromatic rings. The minimum atomic E-state index is -0.553. The fourth-order valence-corrected chi connectivity index (χ4v) is 3.37. The number of rotatable bonds is 7. The molecule has 10 nitrogen and oxygen atoms in total. The maximum Gasteiger partial charge on any atom is 0.420 e. The van der Waals surface area contributed by atoms with Crippen molar-refractivity contribution in [3.05, 3.63) is 64.2 Å². The van der Waals surface area contributed by atoms with E-state index in [0.29, 0.717) is 41.6 Å². The lowest BCUT2D eigenvalue weighted by Crippen LogP contribution is -2.33. The topological polar surface area (TPSA) is 120 Å². The third-order valence-corrected chi connectivity index (χ3v) is 4.68. The summed E-state index contributed by atoms with van der Waals surface area (Å²) in [6, 6.07) is 10.8. The Bertz CT molecular complexity index is 1300. The largest absolute Gasteiger partial charge is 0.420 e. The monoisotopic (exact) mass is 421 g/mol. The summed E-state index contributed by atoms with van der Waals surface area (Å²) in [5.74, 6) is 1.10. The summed E-state index contributed by atoms with van der Waals surface area (Å²) < 4.78 is 8.23. The number of fused-ring (bicyclic) bond motifs is 1. The molecule has 0 bridgehead atoms. The molecule has 0 saturated carbocycles. The van der Waals surface area contributed by atoms with E-state index in [1.165, 1.54) is 4.57 Å². The molecular weight excluding hydrogens is 398 g/mol. The fourth-order valence-electron chi connectivity index (χ4n) is 3.37. The number of aromatic nitrogens is 5. The van der Waals surface area contributed by atoms with Crippen molar-refractivity contribution in [1.82, 2.24) is 29.6 Å². The summed E-state index contributed by atoms with van der Waals surface area (Å²) in [6.07, 6.45) is 0. The van der Waals surface area contributed by atoms with Gasteiger partial charge in [0, 0.05) is 24.8 Å². The highest BCUT2D eigenvalue weighted by Crippen LogP contribution is 2.14. The fraction of sp³-hybridized carbons (Fsp3) is 0.286. The first kappa shape index (κ1) is 20.3. The molecule has 160 valence electrons. The normalized spacial score (nSPS) is 11.1. The van der Waals surface area contributed by atoms with Crippen LogP contribution in [0.25, 0.3) is 16.9 Å². The van der Waals surface area contributed by atoms with Crippen LogP contribution in [0.5, 0.6) is 0 Å². The molecule has 4 rings (SSSR count). The van der Waals surface area contributed by atoms with Crippen LogP contribution in [0.1, 0.15) is 17.2 Å². The predicted molar refractivity (Wildman–Crippen MR) is 115 cm³/mol. The van der Waals surface area contributed by atoms with Crippen molar-refractivity contribution in [2.75, 3.05) is 18.4 Å². The molecule has 0 fully saturated rings. The van der Waals surface area contributed by atoms with Gasteiger partial charge in [0.1, 0.15) is 18.2 Å². The number of hydrogen-bond donors (Lipinski definition) is 2. The van der Waals surface area contributed by atoms with Gasteiger partial charge in [-0.25, -0.2) is 19.4 Å².